The van der Waals surface area contributed by atoms with E-state index in [1.54, 1.807) is 64.2 Å². The van der Waals surface area contributed by atoms with Gasteiger partial charge in [-0.25, -0.2) is 0 Å². The van der Waals surface area contributed by atoms with Gasteiger partial charge in [0, 0.05) is 0 Å². The molecule has 0 nitrogen and oxygen atoms in total. The van der Waals surface area contributed by atoms with Gasteiger partial charge in [-0.05, 0) is 78.9 Å². The average Bonchev–Trinajstić information content (AvgIpc) is 3.68. The minimum atomic E-state index is 0.500. The zero-order valence-electron chi connectivity index (χ0n) is 33.6. The lowest BCUT2D eigenvalue weighted by Gasteiger charge is -2.35. The Balaban J connectivity index is -0.000000211. The van der Waals surface area contributed by atoms with E-state index in [-0.39, 0.29) is 0 Å². The van der Waals surface area contributed by atoms with E-state index in [4.69, 9.17) is 0 Å². The van der Waals surface area contributed by atoms with Gasteiger partial charge < -0.3 is 0 Å². The highest BCUT2D eigenvalue weighted by Gasteiger charge is 2.48. The molecule has 2 bridgehead atoms. The molecule has 5 aliphatic carbocycles. The standard InChI is InChI=1S/C10H16.C10H18.C5H12.C4H10.3C3H8.2C2H6/c1-2-9-7-4-5-8(6-7)10(9)3-1;1-2-6-10-8-4-3-7-9(10)5-1;1-5(2,3)4;1-4(2)3;3*1-3-2;2*1-2/h7-10H,1-6H2;9-10H,1-8H2;1-4H3;4H,1-3H3;3*3H2,1-2H3;2*1-2H3. The normalized spacial score (nSPS) is 27.3. The fourth-order valence-corrected chi connectivity index (χ4v) is 6.88. The SMILES string of the molecule is C1CC2C3CCC(C3)C2C1.C1CCC2CCCCC2C1.CC.CC.CC(C)(C)C.CC(C)C.CCC.CCC.CCC. The summed E-state index contributed by atoms with van der Waals surface area (Å²) in [6, 6.07) is 0. The first-order valence-electron chi connectivity index (χ1n) is 19.9. The molecule has 4 unspecified atom stereocenters. The molecule has 0 heterocycles. The van der Waals surface area contributed by atoms with Gasteiger partial charge in [-0.2, -0.15) is 0 Å². The van der Waals surface area contributed by atoms with Crippen LogP contribution in [0.3, 0.4) is 0 Å². The first-order valence-corrected chi connectivity index (χ1v) is 19.9. The average molecular weight is 597 g/mol. The Morgan fingerprint density at radius 2 is 0.643 bits per heavy atom. The molecular weight excluding hydrogens is 504 g/mol. The lowest BCUT2D eigenvalue weighted by atomic mass is 9.71. The first-order chi connectivity index (χ1) is 19.9. The Bertz CT molecular complexity index is 413. The van der Waals surface area contributed by atoms with Gasteiger partial charge in [0.15, 0.2) is 0 Å². The molecule has 260 valence electrons. The van der Waals surface area contributed by atoms with Crippen molar-refractivity contribution in [1.29, 1.82) is 0 Å². The zero-order chi connectivity index (χ0) is 33.6. The summed E-state index contributed by atoms with van der Waals surface area (Å²) in [7, 11) is 0. The highest BCUT2D eigenvalue weighted by Crippen LogP contribution is 2.58. The monoisotopic (exact) mass is 597 g/mol. The molecule has 0 aromatic heterocycles. The molecule has 0 aromatic carbocycles. The molecule has 0 aromatic rings. The fraction of sp³-hybridized carbons (Fsp3) is 1.00. The maximum atomic E-state index is 2.19. The van der Waals surface area contributed by atoms with Crippen LogP contribution in [0, 0.1) is 46.8 Å². The Morgan fingerprint density at radius 3 is 0.857 bits per heavy atom. The van der Waals surface area contributed by atoms with Crippen LogP contribution in [0.2, 0.25) is 0 Å². The van der Waals surface area contributed by atoms with Crippen molar-refractivity contribution >= 4 is 0 Å². The van der Waals surface area contributed by atoms with Gasteiger partial charge in [0.25, 0.3) is 0 Å². The molecule has 0 radical (unpaired) electrons. The molecular formula is C42H92. The Morgan fingerprint density at radius 1 is 0.429 bits per heavy atom. The minimum absolute atomic E-state index is 0.500. The molecule has 0 aliphatic heterocycles. The quantitative estimate of drug-likeness (QED) is 0.261. The third kappa shape index (κ3) is 30.0. The van der Waals surface area contributed by atoms with Crippen molar-refractivity contribution in [1.82, 2.24) is 0 Å². The second kappa shape index (κ2) is 33.9. The summed E-state index contributed by atoms with van der Waals surface area (Å²) < 4.78 is 0. The maximum Gasteiger partial charge on any atom is -0.0355 e. The largest absolute Gasteiger partial charge is 0.0683 e. The zero-order valence-corrected chi connectivity index (χ0v) is 33.6. The van der Waals surface area contributed by atoms with E-state index >= 15 is 0 Å². The summed E-state index contributed by atoms with van der Waals surface area (Å²) >= 11 is 0. The highest BCUT2D eigenvalue weighted by molar-refractivity contribution is 4.98. The van der Waals surface area contributed by atoms with E-state index in [0.29, 0.717) is 5.41 Å². The molecule has 42 heavy (non-hydrogen) atoms. The molecule has 5 rings (SSSR count). The summed E-state index contributed by atoms with van der Waals surface area (Å²) in [4.78, 5) is 0. The van der Waals surface area contributed by atoms with Crippen LogP contribution in [0.4, 0.5) is 0 Å². The summed E-state index contributed by atoms with van der Waals surface area (Å²) in [6.45, 7) is 36.0. The van der Waals surface area contributed by atoms with Crippen LogP contribution in [-0.4, -0.2) is 0 Å². The number of rotatable bonds is 0. The smallest absolute Gasteiger partial charge is 0.0355 e. The predicted octanol–water partition coefficient (Wildman–Crippen LogP) is 16.2. The van der Waals surface area contributed by atoms with Crippen molar-refractivity contribution in [2.24, 2.45) is 46.8 Å². The van der Waals surface area contributed by atoms with Gasteiger partial charge in [-0.3, -0.25) is 0 Å². The van der Waals surface area contributed by atoms with Crippen LogP contribution in [0.1, 0.15) is 227 Å². The van der Waals surface area contributed by atoms with Crippen LogP contribution in [0.15, 0.2) is 0 Å². The molecule has 0 N–H and O–H groups in total. The molecule has 4 atom stereocenters. The van der Waals surface area contributed by atoms with Gasteiger partial charge >= 0.3 is 0 Å². The van der Waals surface area contributed by atoms with E-state index in [2.05, 4.69) is 90.0 Å². The molecule has 0 spiro atoms. The molecule has 5 saturated carbocycles. The molecule has 0 amide bonds. The first kappa shape index (κ1) is 48.9. The molecule has 0 heteroatoms. The summed E-state index contributed by atoms with van der Waals surface area (Å²) in [6.07, 6.45) is 25.6. The Hall–Kier alpha value is 0. The molecule has 0 saturated heterocycles. The Kier molecular flexibility index (Phi) is 39.4. The van der Waals surface area contributed by atoms with Crippen LogP contribution in [0.25, 0.3) is 0 Å². The maximum absolute atomic E-state index is 2.19. The third-order valence-corrected chi connectivity index (χ3v) is 7.82. The van der Waals surface area contributed by atoms with Gasteiger partial charge in [0.1, 0.15) is 0 Å². The van der Waals surface area contributed by atoms with Gasteiger partial charge in [0.05, 0.1) is 0 Å². The number of hydrogen-bond donors (Lipinski definition) is 0. The minimum Gasteiger partial charge on any atom is -0.0683 e. The topological polar surface area (TPSA) is 0 Å². The van der Waals surface area contributed by atoms with Gasteiger partial charge in [0.2, 0.25) is 0 Å². The van der Waals surface area contributed by atoms with Crippen LogP contribution in [-0.2, 0) is 0 Å². The third-order valence-electron chi connectivity index (χ3n) is 7.82. The fourth-order valence-electron chi connectivity index (χ4n) is 6.88. The summed E-state index contributed by atoms with van der Waals surface area (Å²) in [5.41, 5.74) is 0.500. The lowest BCUT2D eigenvalue weighted by Crippen LogP contribution is -2.22. The highest BCUT2D eigenvalue weighted by atomic mass is 14.5. The van der Waals surface area contributed by atoms with Crippen LogP contribution < -0.4 is 0 Å². The van der Waals surface area contributed by atoms with E-state index in [1.807, 2.05) is 27.7 Å². The van der Waals surface area contributed by atoms with Crippen molar-refractivity contribution < 1.29 is 0 Å². The van der Waals surface area contributed by atoms with Crippen LogP contribution >= 0.6 is 0 Å². The Labute approximate surface area is 273 Å². The van der Waals surface area contributed by atoms with Crippen molar-refractivity contribution in [3.63, 3.8) is 0 Å². The van der Waals surface area contributed by atoms with E-state index < -0.39 is 0 Å². The second-order valence-corrected chi connectivity index (χ2v) is 15.5. The van der Waals surface area contributed by atoms with E-state index in [0.717, 1.165) is 17.8 Å². The predicted molar refractivity (Wildman–Crippen MR) is 202 cm³/mol. The van der Waals surface area contributed by atoms with Crippen molar-refractivity contribution in [3.8, 4) is 0 Å². The number of fused-ring (bicyclic) bond motifs is 6. The van der Waals surface area contributed by atoms with E-state index in [9.17, 15) is 0 Å². The van der Waals surface area contributed by atoms with Gasteiger partial charge in [-0.1, -0.05) is 195 Å². The van der Waals surface area contributed by atoms with Crippen molar-refractivity contribution in [2.75, 3.05) is 0 Å². The van der Waals surface area contributed by atoms with Gasteiger partial charge in [-0.15, -0.1) is 0 Å². The summed E-state index contributed by atoms with van der Waals surface area (Å²) in [5.74, 6) is 7.94. The lowest BCUT2D eigenvalue weighted by molar-refractivity contribution is 0.171. The molecule has 5 fully saturated rings. The van der Waals surface area contributed by atoms with Crippen molar-refractivity contribution in [3.05, 3.63) is 0 Å². The second-order valence-electron chi connectivity index (χ2n) is 15.5. The molecule has 5 aliphatic rings. The number of hydrogen-bond acceptors (Lipinski definition) is 0. The van der Waals surface area contributed by atoms with E-state index in [1.165, 1.54) is 68.6 Å². The van der Waals surface area contributed by atoms with Crippen LogP contribution in [0.5, 0.6) is 0 Å². The van der Waals surface area contributed by atoms with Crippen molar-refractivity contribution in [2.45, 2.75) is 227 Å². The summed E-state index contributed by atoms with van der Waals surface area (Å²) in [5, 5.41) is 0.